The molecule has 1 amide bonds. The van der Waals surface area contributed by atoms with Gasteiger partial charge in [-0.1, -0.05) is 24.3 Å². The summed E-state index contributed by atoms with van der Waals surface area (Å²) in [5.41, 5.74) is 10.1. The van der Waals surface area contributed by atoms with Gasteiger partial charge in [0.1, 0.15) is 0 Å². The van der Waals surface area contributed by atoms with Crippen LogP contribution in [0.25, 0.3) is 10.6 Å². The molecule has 5 nitrogen and oxygen atoms in total. The largest absolute Gasteiger partial charge is 0.365 e. The molecule has 0 radical (unpaired) electrons. The van der Waals surface area contributed by atoms with Crippen LogP contribution in [-0.2, 0) is 6.42 Å². The number of primary amides is 1. The minimum absolute atomic E-state index is 0.217. The topological polar surface area (TPSA) is 80.9 Å². The highest BCUT2D eigenvalue weighted by Crippen LogP contribution is 2.43. The summed E-state index contributed by atoms with van der Waals surface area (Å²) in [6.45, 7) is 0. The number of thiophene rings is 1. The SMILES string of the molecule is CNc1nccc(-c2cc(C3CCc4ccccc43)c(C(N)=O)s2)n1. The van der Waals surface area contributed by atoms with Crippen LogP contribution in [0.3, 0.4) is 0 Å². The molecule has 0 saturated carbocycles. The molecule has 2 aromatic heterocycles. The quantitative estimate of drug-likeness (QED) is 0.755. The van der Waals surface area contributed by atoms with E-state index < -0.39 is 0 Å². The Morgan fingerprint density at radius 3 is 2.92 bits per heavy atom. The minimum atomic E-state index is -0.376. The molecule has 2 heterocycles. The van der Waals surface area contributed by atoms with Crippen molar-refractivity contribution in [3.63, 3.8) is 0 Å². The van der Waals surface area contributed by atoms with E-state index in [0.717, 1.165) is 29.0 Å². The number of fused-ring (bicyclic) bond motifs is 1. The summed E-state index contributed by atoms with van der Waals surface area (Å²) in [7, 11) is 1.78. The fraction of sp³-hybridized carbons (Fsp3) is 0.211. The first kappa shape index (κ1) is 15.8. The first-order valence-electron chi connectivity index (χ1n) is 8.20. The van der Waals surface area contributed by atoms with Crippen molar-refractivity contribution in [2.75, 3.05) is 12.4 Å². The van der Waals surface area contributed by atoms with Gasteiger partial charge in [-0.2, -0.15) is 0 Å². The number of benzene rings is 1. The molecule has 6 heteroatoms. The zero-order valence-electron chi connectivity index (χ0n) is 13.8. The molecule has 0 spiro atoms. The lowest BCUT2D eigenvalue weighted by molar-refractivity contribution is 0.100. The molecule has 0 bridgehead atoms. The van der Waals surface area contributed by atoms with Crippen LogP contribution in [0, 0.1) is 0 Å². The van der Waals surface area contributed by atoms with E-state index in [1.165, 1.54) is 22.5 Å². The number of hydrogen-bond donors (Lipinski definition) is 2. The summed E-state index contributed by atoms with van der Waals surface area (Å²) in [5, 5.41) is 2.94. The maximum Gasteiger partial charge on any atom is 0.259 e. The van der Waals surface area contributed by atoms with Crippen molar-refractivity contribution in [2.45, 2.75) is 18.8 Å². The third-order valence-electron chi connectivity index (χ3n) is 4.62. The standard InChI is InChI=1S/C19H18N4OS/c1-21-19-22-9-8-15(23-19)16-10-14(17(25-16)18(20)24)13-7-6-11-4-2-3-5-12(11)13/h2-5,8-10,13H,6-7H2,1H3,(H2,20,24)(H,21,22,23). The zero-order chi connectivity index (χ0) is 17.4. The number of carbonyl (C=O) groups is 1. The summed E-state index contributed by atoms with van der Waals surface area (Å²) >= 11 is 1.41. The Morgan fingerprint density at radius 1 is 1.28 bits per heavy atom. The number of carbonyl (C=O) groups excluding carboxylic acids is 1. The number of nitrogens with two attached hydrogens (primary N) is 1. The zero-order valence-corrected chi connectivity index (χ0v) is 14.6. The molecule has 3 aromatic rings. The number of rotatable bonds is 4. The second kappa shape index (κ2) is 6.29. The van der Waals surface area contributed by atoms with Gasteiger partial charge in [0.2, 0.25) is 5.95 Å². The van der Waals surface area contributed by atoms with Crippen LogP contribution in [0.4, 0.5) is 5.95 Å². The minimum Gasteiger partial charge on any atom is -0.365 e. The Morgan fingerprint density at radius 2 is 2.12 bits per heavy atom. The molecule has 1 atom stereocenters. The van der Waals surface area contributed by atoms with E-state index in [4.69, 9.17) is 5.73 Å². The molecular weight excluding hydrogens is 332 g/mol. The third-order valence-corrected chi connectivity index (χ3v) is 5.81. The van der Waals surface area contributed by atoms with E-state index in [1.54, 1.807) is 13.2 Å². The van der Waals surface area contributed by atoms with Gasteiger partial charge in [0.05, 0.1) is 15.4 Å². The number of nitrogens with one attached hydrogen (secondary N) is 1. The fourth-order valence-electron chi connectivity index (χ4n) is 3.48. The average molecular weight is 350 g/mol. The van der Waals surface area contributed by atoms with Gasteiger partial charge in [-0.05, 0) is 41.7 Å². The van der Waals surface area contributed by atoms with Gasteiger partial charge >= 0.3 is 0 Å². The van der Waals surface area contributed by atoms with Crippen molar-refractivity contribution < 1.29 is 4.79 Å². The summed E-state index contributed by atoms with van der Waals surface area (Å²) in [6, 6.07) is 12.4. The molecule has 0 fully saturated rings. The molecule has 126 valence electrons. The molecule has 1 unspecified atom stereocenters. The van der Waals surface area contributed by atoms with Crippen LogP contribution in [0.5, 0.6) is 0 Å². The van der Waals surface area contributed by atoms with Gasteiger partial charge in [0.25, 0.3) is 5.91 Å². The van der Waals surface area contributed by atoms with Crippen LogP contribution >= 0.6 is 11.3 Å². The van der Waals surface area contributed by atoms with Gasteiger partial charge < -0.3 is 11.1 Å². The van der Waals surface area contributed by atoms with Crippen molar-refractivity contribution in [2.24, 2.45) is 5.73 Å². The Kier molecular flexibility index (Phi) is 3.97. The number of aromatic nitrogens is 2. The third kappa shape index (κ3) is 2.78. The molecule has 1 aliphatic carbocycles. The smallest absolute Gasteiger partial charge is 0.259 e. The van der Waals surface area contributed by atoms with E-state index in [-0.39, 0.29) is 11.8 Å². The van der Waals surface area contributed by atoms with Crippen LogP contribution in [0.15, 0.2) is 42.6 Å². The van der Waals surface area contributed by atoms with Gasteiger partial charge in [-0.15, -0.1) is 11.3 Å². The van der Waals surface area contributed by atoms with Crippen molar-refractivity contribution in [3.05, 3.63) is 64.2 Å². The number of amides is 1. The van der Waals surface area contributed by atoms with Crippen molar-refractivity contribution in [3.8, 4) is 10.6 Å². The normalized spacial score (nSPS) is 15.8. The summed E-state index contributed by atoms with van der Waals surface area (Å²) in [6.07, 6.45) is 3.74. The van der Waals surface area contributed by atoms with Crippen LogP contribution in [0.2, 0.25) is 0 Å². The lowest BCUT2D eigenvalue weighted by atomic mass is 9.93. The lowest BCUT2D eigenvalue weighted by Crippen LogP contribution is -2.12. The Hall–Kier alpha value is -2.73. The number of aryl methyl sites for hydroxylation is 1. The molecule has 4 rings (SSSR count). The molecular formula is C19H18N4OS. The van der Waals surface area contributed by atoms with Crippen molar-refractivity contribution >= 4 is 23.2 Å². The first-order valence-corrected chi connectivity index (χ1v) is 9.01. The predicted molar refractivity (Wildman–Crippen MR) is 100 cm³/mol. The molecule has 1 aliphatic rings. The molecule has 1 aromatic carbocycles. The predicted octanol–water partition coefficient (Wildman–Crippen LogP) is 3.42. The Balaban J connectivity index is 1.81. The molecule has 25 heavy (non-hydrogen) atoms. The first-order chi connectivity index (χ1) is 12.2. The van der Waals surface area contributed by atoms with E-state index in [2.05, 4.69) is 45.6 Å². The average Bonchev–Trinajstić information content (AvgIpc) is 3.26. The molecule has 0 aliphatic heterocycles. The van der Waals surface area contributed by atoms with Crippen molar-refractivity contribution in [1.82, 2.24) is 9.97 Å². The summed E-state index contributed by atoms with van der Waals surface area (Å²) in [5.74, 6) is 0.395. The lowest BCUT2D eigenvalue weighted by Gasteiger charge is -2.11. The Bertz CT molecular complexity index is 950. The van der Waals surface area contributed by atoms with Crippen molar-refractivity contribution in [1.29, 1.82) is 0 Å². The highest BCUT2D eigenvalue weighted by Gasteiger charge is 2.29. The summed E-state index contributed by atoms with van der Waals surface area (Å²) < 4.78 is 0. The van der Waals surface area contributed by atoms with Crippen LogP contribution in [0.1, 0.15) is 38.7 Å². The molecule has 0 saturated heterocycles. The Labute approximate surface area is 149 Å². The number of anilines is 1. The van der Waals surface area contributed by atoms with Crippen LogP contribution < -0.4 is 11.1 Å². The highest BCUT2D eigenvalue weighted by atomic mass is 32.1. The summed E-state index contributed by atoms with van der Waals surface area (Å²) in [4.78, 5) is 22.2. The fourth-order valence-corrected chi connectivity index (χ4v) is 4.52. The van der Waals surface area contributed by atoms with E-state index in [0.29, 0.717) is 10.8 Å². The maximum absolute atomic E-state index is 12.0. The molecule has 3 N–H and O–H groups in total. The van der Waals surface area contributed by atoms with E-state index in [9.17, 15) is 4.79 Å². The number of nitrogens with zero attached hydrogens (tertiary/aromatic N) is 2. The number of hydrogen-bond acceptors (Lipinski definition) is 5. The van der Waals surface area contributed by atoms with Gasteiger partial charge in [-0.3, -0.25) is 4.79 Å². The van der Waals surface area contributed by atoms with E-state index >= 15 is 0 Å². The monoisotopic (exact) mass is 350 g/mol. The van der Waals surface area contributed by atoms with E-state index in [1.807, 2.05) is 6.07 Å². The van der Waals surface area contributed by atoms with Crippen LogP contribution in [-0.4, -0.2) is 22.9 Å². The second-order valence-corrected chi connectivity index (χ2v) is 7.12. The maximum atomic E-state index is 12.0. The van der Waals surface area contributed by atoms with Gasteiger partial charge in [0.15, 0.2) is 0 Å². The van der Waals surface area contributed by atoms with Gasteiger partial charge in [-0.25, -0.2) is 9.97 Å². The second-order valence-electron chi connectivity index (χ2n) is 6.06. The highest BCUT2D eigenvalue weighted by molar-refractivity contribution is 7.17. The van der Waals surface area contributed by atoms with Gasteiger partial charge in [0, 0.05) is 19.2 Å².